The molecule has 0 aliphatic carbocycles. The first-order valence-electron chi connectivity index (χ1n) is 10.3. The highest BCUT2D eigenvalue weighted by Crippen LogP contribution is 2.39. The summed E-state index contributed by atoms with van der Waals surface area (Å²) in [6.07, 6.45) is 3.51. The van der Waals surface area contributed by atoms with Gasteiger partial charge in [0.1, 0.15) is 11.8 Å². The number of carbonyl (C=O) groups excluding carboxylic acids is 2. The molecule has 3 N–H and O–H groups in total. The number of aromatic amines is 1. The van der Waals surface area contributed by atoms with Crippen molar-refractivity contribution in [1.82, 2.24) is 14.9 Å². The van der Waals surface area contributed by atoms with E-state index < -0.39 is 5.91 Å². The number of rotatable bonds is 4. The Morgan fingerprint density at radius 2 is 1.88 bits per heavy atom. The van der Waals surface area contributed by atoms with Gasteiger partial charge in [0.05, 0.1) is 17.7 Å². The molecule has 0 radical (unpaired) electrons. The molecule has 0 fully saturated rings. The van der Waals surface area contributed by atoms with Crippen LogP contribution in [0.5, 0.6) is 0 Å². The van der Waals surface area contributed by atoms with E-state index in [9.17, 15) is 9.59 Å². The van der Waals surface area contributed by atoms with Crippen LogP contribution in [0.1, 0.15) is 43.5 Å². The van der Waals surface area contributed by atoms with Crippen molar-refractivity contribution >= 4 is 22.8 Å². The summed E-state index contributed by atoms with van der Waals surface area (Å²) in [5.74, 6) is -0.923. The van der Waals surface area contributed by atoms with Crippen LogP contribution in [-0.2, 0) is 11.3 Å². The topological polar surface area (TPSA) is 101 Å². The number of fused-ring (bicyclic) bond motifs is 2. The van der Waals surface area contributed by atoms with E-state index in [0.29, 0.717) is 6.61 Å². The van der Waals surface area contributed by atoms with Gasteiger partial charge in [-0.25, -0.2) is 4.98 Å². The van der Waals surface area contributed by atoms with E-state index in [4.69, 9.17) is 10.5 Å². The molecule has 1 aliphatic heterocycles. The Morgan fingerprint density at radius 1 is 1.06 bits per heavy atom. The second-order valence-corrected chi connectivity index (χ2v) is 8.08. The zero-order valence-electron chi connectivity index (χ0n) is 17.8. The van der Waals surface area contributed by atoms with Crippen LogP contribution in [0.25, 0.3) is 22.2 Å². The number of carbonyl (C=O) groups is 2. The van der Waals surface area contributed by atoms with Gasteiger partial charge < -0.3 is 20.4 Å². The monoisotopic (exact) mass is 426 g/mol. The van der Waals surface area contributed by atoms with E-state index in [0.717, 1.165) is 33.3 Å². The molecular formula is C25H22N4O3. The largest absolute Gasteiger partial charge is 0.366 e. The van der Waals surface area contributed by atoms with Crippen LogP contribution < -0.4 is 5.73 Å². The number of H-pyrrole nitrogens is 1. The summed E-state index contributed by atoms with van der Waals surface area (Å²) in [5.41, 5.74) is 11.7. The Balaban J connectivity index is 1.61. The summed E-state index contributed by atoms with van der Waals surface area (Å²) in [6.45, 7) is 0.575. The van der Waals surface area contributed by atoms with Gasteiger partial charge in [0.15, 0.2) is 0 Å². The van der Waals surface area contributed by atoms with Crippen LogP contribution in [-0.4, -0.2) is 40.8 Å². The molecule has 1 atom stereocenters. The Morgan fingerprint density at radius 3 is 2.66 bits per heavy atom. The van der Waals surface area contributed by atoms with Crippen LogP contribution in [0.3, 0.4) is 0 Å². The first-order chi connectivity index (χ1) is 15.4. The van der Waals surface area contributed by atoms with E-state index in [2.05, 4.69) is 22.1 Å². The normalized spacial score (nSPS) is 15.0. The van der Waals surface area contributed by atoms with Gasteiger partial charge in [0.2, 0.25) is 5.91 Å². The van der Waals surface area contributed by atoms with Gasteiger partial charge in [-0.3, -0.25) is 9.59 Å². The number of pyridine rings is 1. The Hall–Kier alpha value is -3.97. The molecular weight excluding hydrogens is 404 g/mol. The number of primary amides is 1. The first-order valence-corrected chi connectivity index (χ1v) is 10.3. The molecule has 2 amide bonds. The van der Waals surface area contributed by atoms with E-state index >= 15 is 0 Å². The lowest BCUT2D eigenvalue weighted by Gasteiger charge is -2.14. The van der Waals surface area contributed by atoms with E-state index in [1.807, 2.05) is 24.4 Å². The fourth-order valence-electron chi connectivity index (χ4n) is 4.20. The molecule has 0 spiro atoms. The first kappa shape index (κ1) is 20.0. The maximum atomic E-state index is 12.7. The van der Waals surface area contributed by atoms with E-state index in [1.165, 1.54) is 10.5 Å². The summed E-state index contributed by atoms with van der Waals surface area (Å²) in [6, 6.07) is 15.3. The standard InChI is InChI=1S/C25H22N4O3/c1-29(2)25(31)20-9-14(7-8-18(20)23(26)30)16-10-19-21(12-28-24(19)27-11-16)22-17-6-4-3-5-15(17)13-32-22/h3-12,22H,13H2,1-2H3,(H2,26,30)(H,27,28). The minimum Gasteiger partial charge on any atom is -0.366 e. The fourth-order valence-corrected chi connectivity index (χ4v) is 4.20. The zero-order valence-corrected chi connectivity index (χ0v) is 17.8. The molecule has 0 bridgehead atoms. The van der Waals surface area contributed by atoms with Crippen molar-refractivity contribution in [2.45, 2.75) is 12.7 Å². The smallest absolute Gasteiger partial charge is 0.254 e. The third-order valence-corrected chi connectivity index (χ3v) is 5.84. The van der Waals surface area contributed by atoms with Crippen molar-refractivity contribution in [3.63, 3.8) is 0 Å². The molecule has 3 heterocycles. The van der Waals surface area contributed by atoms with Crippen LogP contribution in [0.4, 0.5) is 0 Å². The molecule has 32 heavy (non-hydrogen) atoms. The predicted molar refractivity (Wildman–Crippen MR) is 121 cm³/mol. The van der Waals surface area contributed by atoms with Gasteiger partial charge in [0.25, 0.3) is 5.91 Å². The predicted octanol–water partition coefficient (Wildman–Crippen LogP) is 3.65. The number of nitrogens with two attached hydrogens (primary N) is 1. The zero-order chi connectivity index (χ0) is 22.4. The molecule has 7 heteroatoms. The third kappa shape index (κ3) is 3.23. The summed E-state index contributed by atoms with van der Waals surface area (Å²) in [5, 5.41) is 0.948. The molecule has 2 aromatic heterocycles. The number of hydrogen-bond acceptors (Lipinski definition) is 4. The molecule has 7 nitrogen and oxygen atoms in total. The molecule has 1 unspecified atom stereocenters. The van der Waals surface area contributed by atoms with Gasteiger partial charge in [-0.1, -0.05) is 30.3 Å². The lowest BCUT2D eigenvalue weighted by atomic mass is 9.96. The average molecular weight is 426 g/mol. The molecule has 0 saturated heterocycles. The second-order valence-electron chi connectivity index (χ2n) is 8.08. The number of nitrogens with zero attached hydrogens (tertiary/aromatic N) is 2. The Labute approximate surface area is 184 Å². The highest BCUT2D eigenvalue weighted by Gasteiger charge is 2.27. The number of aromatic nitrogens is 2. The van der Waals surface area contributed by atoms with Gasteiger partial charge in [0, 0.05) is 43.0 Å². The Kier molecular flexibility index (Phi) is 4.75. The number of nitrogens with one attached hydrogen (secondary N) is 1. The van der Waals surface area contributed by atoms with Gasteiger partial charge in [-0.15, -0.1) is 0 Å². The SMILES string of the molecule is CN(C)C(=O)c1cc(-c2cnc3[nH]cc(C4OCc5ccccc54)c3c2)ccc1C(N)=O. The number of hydrogen-bond donors (Lipinski definition) is 2. The van der Waals surface area contributed by atoms with E-state index in [1.54, 1.807) is 38.5 Å². The minimum atomic E-state index is -0.639. The average Bonchev–Trinajstić information content (AvgIpc) is 3.41. The van der Waals surface area contributed by atoms with Crippen molar-refractivity contribution in [1.29, 1.82) is 0 Å². The molecule has 160 valence electrons. The van der Waals surface area contributed by atoms with Crippen molar-refractivity contribution < 1.29 is 14.3 Å². The van der Waals surface area contributed by atoms with Crippen LogP contribution in [0, 0.1) is 0 Å². The van der Waals surface area contributed by atoms with Crippen molar-refractivity contribution in [2.75, 3.05) is 14.1 Å². The number of benzene rings is 2. The van der Waals surface area contributed by atoms with Crippen LogP contribution in [0.15, 0.2) is 60.9 Å². The quantitative estimate of drug-likeness (QED) is 0.520. The second kappa shape index (κ2) is 7.62. The Bertz CT molecular complexity index is 1370. The van der Waals surface area contributed by atoms with Gasteiger partial charge in [-0.05, 0) is 34.9 Å². The molecule has 0 saturated carbocycles. The lowest BCUT2D eigenvalue weighted by Crippen LogP contribution is -2.25. The molecule has 4 aromatic rings. The van der Waals surface area contributed by atoms with Gasteiger partial charge in [-0.2, -0.15) is 0 Å². The van der Waals surface area contributed by atoms with E-state index in [-0.39, 0.29) is 23.1 Å². The minimum absolute atomic E-state index is 0.167. The number of amides is 2. The highest BCUT2D eigenvalue weighted by molar-refractivity contribution is 6.07. The lowest BCUT2D eigenvalue weighted by molar-refractivity contribution is 0.0821. The molecule has 2 aromatic carbocycles. The maximum absolute atomic E-state index is 12.7. The summed E-state index contributed by atoms with van der Waals surface area (Å²) >= 11 is 0. The van der Waals surface area contributed by atoms with Crippen molar-refractivity contribution in [2.24, 2.45) is 5.73 Å². The number of ether oxygens (including phenoxy) is 1. The molecule has 1 aliphatic rings. The third-order valence-electron chi connectivity index (χ3n) is 5.84. The van der Waals surface area contributed by atoms with Gasteiger partial charge >= 0.3 is 0 Å². The van der Waals surface area contributed by atoms with Crippen molar-refractivity contribution in [3.8, 4) is 11.1 Å². The maximum Gasteiger partial charge on any atom is 0.254 e. The van der Waals surface area contributed by atoms with Crippen LogP contribution >= 0.6 is 0 Å². The highest BCUT2D eigenvalue weighted by atomic mass is 16.5. The fraction of sp³-hybridized carbons (Fsp3) is 0.160. The van der Waals surface area contributed by atoms with Crippen LogP contribution in [0.2, 0.25) is 0 Å². The molecule has 5 rings (SSSR count). The van der Waals surface area contributed by atoms with Crippen molar-refractivity contribution in [3.05, 3.63) is 88.7 Å². The summed E-state index contributed by atoms with van der Waals surface area (Å²) in [7, 11) is 3.28. The summed E-state index contributed by atoms with van der Waals surface area (Å²) in [4.78, 5) is 33.7. The summed E-state index contributed by atoms with van der Waals surface area (Å²) < 4.78 is 6.09.